The maximum atomic E-state index is 14.1. The fraction of sp³-hybridized carbons (Fsp3) is 0.240. The van der Waals surface area contributed by atoms with E-state index in [4.69, 9.17) is 23.7 Å². The van der Waals surface area contributed by atoms with Gasteiger partial charge in [0.2, 0.25) is 6.29 Å². The molecule has 0 aromatic heterocycles. The molecule has 7 heteroatoms. The molecule has 0 saturated heterocycles. The minimum atomic E-state index is -0.613. The summed E-state index contributed by atoms with van der Waals surface area (Å²) in [6, 6.07) is 19.3. The Morgan fingerprint density at radius 2 is 1.81 bits per heavy atom. The van der Waals surface area contributed by atoms with E-state index < -0.39 is 18.1 Å². The van der Waals surface area contributed by atoms with Gasteiger partial charge in [-0.2, -0.15) is 0 Å². The Bertz CT molecular complexity index is 1070. The van der Waals surface area contributed by atoms with Gasteiger partial charge in [0, 0.05) is 16.7 Å². The van der Waals surface area contributed by atoms with Crippen molar-refractivity contribution >= 4 is 5.97 Å². The van der Waals surface area contributed by atoms with Crippen LogP contribution in [0.4, 0.5) is 4.39 Å². The summed E-state index contributed by atoms with van der Waals surface area (Å²) in [6.07, 6.45) is -0.579. The van der Waals surface area contributed by atoms with E-state index >= 15 is 0 Å². The third-order valence-electron chi connectivity index (χ3n) is 4.92. The number of benzene rings is 3. The Morgan fingerprint density at radius 3 is 2.59 bits per heavy atom. The molecule has 0 saturated carbocycles. The topological polar surface area (TPSA) is 63.2 Å². The molecule has 0 aliphatic carbocycles. The van der Waals surface area contributed by atoms with Gasteiger partial charge in [-0.05, 0) is 24.3 Å². The van der Waals surface area contributed by atoms with Gasteiger partial charge in [-0.1, -0.05) is 42.5 Å². The average molecular weight is 438 g/mol. The van der Waals surface area contributed by atoms with E-state index in [0.717, 1.165) is 5.56 Å². The number of esters is 1. The molecule has 6 nitrogen and oxygen atoms in total. The first-order chi connectivity index (χ1) is 15.6. The van der Waals surface area contributed by atoms with E-state index in [1.165, 1.54) is 12.1 Å². The highest BCUT2D eigenvalue weighted by molar-refractivity contribution is 5.69. The lowest BCUT2D eigenvalue weighted by Gasteiger charge is -2.28. The molecule has 1 heterocycles. The molecule has 166 valence electrons. The van der Waals surface area contributed by atoms with Crippen LogP contribution in [0.15, 0.2) is 66.7 Å². The molecule has 3 aromatic carbocycles. The van der Waals surface area contributed by atoms with Crippen LogP contribution in [0.3, 0.4) is 0 Å². The highest BCUT2D eigenvalue weighted by Crippen LogP contribution is 2.37. The molecular weight excluding hydrogens is 415 g/mol. The van der Waals surface area contributed by atoms with Gasteiger partial charge in [-0.3, -0.25) is 4.79 Å². The lowest BCUT2D eigenvalue weighted by Crippen LogP contribution is -2.20. The van der Waals surface area contributed by atoms with Crippen molar-refractivity contribution in [3.63, 3.8) is 0 Å². The van der Waals surface area contributed by atoms with Crippen molar-refractivity contribution in [1.29, 1.82) is 0 Å². The summed E-state index contributed by atoms with van der Waals surface area (Å²) in [4.78, 5) is 12.2. The van der Waals surface area contributed by atoms with E-state index in [1.807, 2.05) is 42.5 Å². The van der Waals surface area contributed by atoms with Crippen LogP contribution >= 0.6 is 0 Å². The van der Waals surface area contributed by atoms with E-state index in [0.29, 0.717) is 28.4 Å². The fourth-order valence-electron chi connectivity index (χ4n) is 3.37. The van der Waals surface area contributed by atoms with Gasteiger partial charge < -0.3 is 23.7 Å². The van der Waals surface area contributed by atoms with Crippen molar-refractivity contribution in [1.82, 2.24) is 0 Å². The summed E-state index contributed by atoms with van der Waals surface area (Å²) in [7, 11) is 1.55. The van der Waals surface area contributed by atoms with Crippen LogP contribution in [0.2, 0.25) is 0 Å². The zero-order valence-electron chi connectivity index (χ0n) is 17.6. The maximum absolute atomic E-state index is 14.1. The number of hydrogen-bond acceptors (Lipinski definition) is 6. The zero-order valence-corrected chi connectivity index (χ0v) is 17.6. The SMILES string of the molecule is COc1ccccc1OCCC(=O)OCc1cc(F)cc2c1O[C@@H](c1ccccc1)OC2. The van der Waals surface area contributed by atoms with Crippen LogP contribution in [-0.2, 0) is 27.5 Å². The number of carbonyl (C=O) groups excluding carboxylic acids is 1. The molecule has 0 radical (unpaired) electrons. The molecular formula is C25H23FO6. The van der Waals surface area contributed by atoms with Crippen LogP contribution in [0.1, 0.15) is 29.4 Å². The van der Waals surface area contributed by atoms with Crippen molar-refractivity contribution in [2.75, 3.05) is 13.7 Å². The fourth-order valence-corrected chi connectivity index (χ4v) is 3.37. The molecule has 1 aliphatic heterocycles. The van der Waals surface area contributed by atoms with Crippen LogP contribution < -0.4 is 14.2 Å². The molecule has 0 N–H and O–H groups in total. The van der Waals surface area contributed by atoms with Crippen molar-refractivity contribution in [2.45, 2.75) is 25.9 Å². The predicted molar refractivity (Wildman–Crippen MR) is 114 cm³/mol. The number of para-hydroxylation sites is 2. The molecule has 0 unspecified atom stereocenters. The molecule has 0 bridgehead atoms. The Hall–Kier alpha value is -3.58. The second kappa shape index (κ2) is 10.2. The van der Waals surface area contributed by atoms with Gasteiger partial charge in [0.05, 0.1) is 26.7 Å². The second-order valence-electron chi connectivity index (χ2n) is 7.13. The average Bonchev–Trinajstić information content (AvgIpc) is 2.83. The van der Waals surface area contributed by atoms with Crippen molar-refractivity contribution in [2.24, 2.45) is 0 Å². The number of methoxy groups -OCH3 is 1. The monoisotopic (exact) mass is 438 g/mol. The summed E-state index contributed by atoms with van der Waals surface area (Å²) < 4.78 is 41.9. The smallest absolute Gasteiger partial charge is 0.309 e. The number of fused-ring (bicyclic) bond motifs is 1. The van der Waals surface area contributed by atoms with Gasteiger partial charge in [0.25, 0.3) is 0 Å². The first-order valence-corrected chi connectivity index (χ1v) is 10.2. The van der Waals surface area contributed by atoms with E-state index in [1.54, 1.807) is 19.2 Å². The lowest BCUT2D eigenvalue weighted by atomic mass is 10.1. The van der Waals surface area contributed by atoms with E-state index in [9.17, 15) is 9.18 Å². The lowest BCUT2D eigenvalue weighted by molar-refractivity contribution is -0.145. The molecule has 4 rings (SSSR count). The van der Waals surface area contributed by atoms with Gasteiger partial charge >= 0.3 is 5.97 Å². The van der Waals surface area contributed by atoms with Crippen LogP contribution in [0.5, 0.6) is 17.2 Å². The van der Waals surface area contributed by atoms with Gasteiger partial charge in [-0.15, -0.1) is 0 Å². The predicted octanol–water partition coefficient (Wildman–Crippen LogP) is 4.95. The molecule has 0 fully saturated rings. The van der Waals surface area contributed by atoms with Crippen LogP contribution in [-0.4, -0.2) is 19.7 Å². The number of halogens is 1. The highest BCUT2D eigenvalue weighted by atomic mass is 19.1. The van der Waals surface area contributed by atoms with Crippen molar-refractivity contribution < 1.29 is 32.9 Å². The van der Waals surface area contributed by atoms with Crippen molar-refractivity contribution in [3.8, 4) is 17.2 Å². The number of rotatable bonds is 8. The minimum absolute atomic E-state index is 0.0339. The molecule has 3 aromatic rings. The van der Waals surface area contributed by atoms with Crippen molar-refractivity contribution in [3.05, 3.63) is 89.2 Å². The van der Waals surface area contributed by atoms with Gasteiger partial charge in [0.15, 0.2) is 11.5 Å². The first-order valence-electron chi connectivity index (χ1n) is 10.2. The third kappa shape index (κ3) is 5.18. The minimum Gasteiger partial charge on any atom is -0.493 e. The first kappa shape index (κ1) is 21.6. The quantitative estimate of drug-likeness (QED) is 0.464. The van der Waals surface area contributed by atoms with Crippen LogP contribution in [0.25, 0.3) is 0 Å². The normalized spacial score (nSPS) is 14.8. The van der Waals surface area contributed by atoms with E-state index in [-0.39, 0.29) is 26.2 Å². The summed E-state index contributed by atoms with van der Waals surface area (Å²) in [6.45, 7) is 0.205. The zero-order chi connectivity index (χ0) is 22.3. The Morgan fingerprint density at radius 1 is 1.06 bits per heavy atom. The van der Waals surface area contributed by atoms with Gasteiger partial charge in [-0.25, -0.2) is 4.39 Å². The van der Waals surface area contributed by atoms with Gasteiger partial charge in [0.1, 0.15) is 18.2 Å². The summed E-state index contributed by atoms with van der Waals surface area (Å²) >= 11 is 0. The molecule has 1 aliphatic rings. The highest BCUT2D eigenvalue weighted by Gasteiger charge is 2.25. The number of carbonyl (C=O) groups is 1. The number of ether oxygens (including phenoxy) is 5. The van der Waals surface area contributed by atoms with Crippen LogP contribution in [0, 0.1) is 5.82 Å². The molecule has 1 atom stereocenters. The summed E-state index contributed by atoms with van der Waals surface area (Å²) in [5.41, 5.74) is 1.87. The summed E-state index contributed by atoms with van der Waals surface area (Å²) in [5, 5.41) is 0. The second-order valence-corrected chi connectivity index (χ2v) is 7.13. The Kier molecular flexibility index (Phi) is 6.87. The molecule has 0 spiro atoms. The van der Waals surface area contributed by atoms with E-state index in [2.05, 4.69) is 0 Å². The molecule has 32 heavy (non-hydrogen) atoms. The summed E-state index contributed by atoms with van der Waals surface area (Å²) in [5.74, 6) is 0.691. The Balaban J connectivity index is 1.36. The number of hydrogen-bond donors (Lipinski definition) is 0. The molecule has 0 amide bonds. The Labute approximate surface area is 185 Å². The largest absolute Gasteiger partial charge is 0.493 e. The standard InChI is InChI=1S/C25H23FO6/c1-28-21-9-5-6-10-22(21)29-12-11-23(27)30-15-18-13-20(26)14-19-16-31-25(32-24(18)19)17-7-3-2-4-8-17/h2-10,13-14,25H,11-12,15-16H2,1H3/t25-/m0/s1. The third-order valence-corrected chi connectivity index (χ3v) is 4.92. The maximum Gasteiger partial charge on any atom is 0.309 e.